The smallest absolute Gasteiger partial charge is 0.355 e. The molecule has 25 heavy (non-hydrogen) atoms. The first-order valence-electron chi connectivity index (χ1n) is 7.94. The van der Waals surface area contributed by atoms with E-state index in [1.54, 1.807) is 38.0 Å². The van der Waals surface area contributed by atoms with Gasteiger partial charge in [-0.2, -0.15) is 0 Å². The van der Waals surface area contributed by atoms with Crippen LogP contribution in [0.15, 0.2) is 22.9 Å². The molecule has 3 heterocycles. The van der Waals surface area contributed by atoms with Crippen LogP contribution in [0.25, 0.3) is 6.08 Å². The third kappa shape index (κ3) is 3.51. The zero-order valence-corrected chi connectivity index (χ0v) is 16.2. The molecule has 134 valence electrons. The summed E-state index contributed by atoms with van der Waals surface area (Å²) in [5, 5.41) is -0.197. The van der Waals surface area contributed by atoms with Gasteiger partial charge in [0.05, 0.1) is 11.2 Å². The van der Waals surface area contributed by atoms with E-state index in [1.807, 2.05) is 19.1 Å². The topological polar surface area (TPSA) is 85.5 Å². The zero-order chi connectivity index (χ0) is 18.4. The molecular weight excluding hydrogens is 358 g/mol. The van der Waals surface area contributed by atoms with E-state index in [4.69, 9.17) is 10.5 Å². The second kappa shape index (κ2) is 6.59. The number of thioether (sulfide) groups is 1. The molecular formula is C17H21N3O3S2. The van der Waals surface area contributed by atoms with Crippen molar-refractivity contribution in [3.05, 3.63) is 33.4 Å². The molecule has 0 aliphatic carbocycles. The third-order valence-electron chi connectivity index (χ3n) is 3.85. The lowest BCUT2D eigenvalue weighted by atomic mass is 10.0. The summed E-state index contributed by atoms with van der Waals surface area (Å²) in [7, 11) is 0. The maximum atomic E-state index is 12.7. The minimum absolute atomic E-state index is 0.197. The van der Waals surface area contributed by atoms with E-state index in [1.165, 1.54) is 16.2 Å². The first kappa shape index (κ1) is 18.2. The summed E-state index contributed by atoms with van der Waals surface area (Å²) in [6, 6.07) is -0.559. The summed E-state index contributed by atoms with van der Waals surface area (Å²) in [5.41, 5.74) is 9.03. The SMILES string of the molecule is Cc1ncsc1C=CC1=C(C(=O)OC(C)(C)C)N2C(=O)C(N)[C@@H]2SC1. The number of esters is 1. The number of ether oxygens (including phenoxy) is 1. The van der Waals surface area contributed by atoms with Gasteiger partial charge in [0.2, 0.25) is 5.91 Å². The minimum atomic E-state index is -0.636. The van der Waals surface area contributed by atoms with Crippen molar-refractivity contribution >= 4 is 41.1 Å². The third-order valence-corrected chi connectivity index (χ3v) is 6.07. The number of thiazole rings is 1. The first-order chi connectivity index (χ1) is 11.7. The van der Waals surface area contributed by atoms with Gasteiger partial charge in [0.15, 0.2) is 0 Å². The number of rotatable bonds is 3. The standard InChI is InChI=1S/C17H21N3O3S2/c1-9-11(25-8-19-9)6-5-10-7-24-15-12(18)14(21)20(15)13(10)16(22)23-17(2,3)4/h5-6,8,12,15H,7,18H2,1-4H3/t12?,15-/m0/s1. The summed E-state index contributed by atoms with van der Waals surface area (Å²) in [5.74, 6) is -0.123. The van der Waals surface area contributed by atoms with Crippen molar-refractivity contribution in [2.45, 2.75) is 44.7 Å². The highest BCUT2D eigenvalue weighted by atomic mass is 32.2. The molecule has 2 N–H and O–H groups in total. The van der Waals surface area contributed by atoms with Crippen molar-refractivity contribution in [1.29, 1.82) is 0 Å². The number of aryl methyl sites for hydroxylation is 1. The van der Waals surface area contributed by atoms with Crippen LogP contribution < -0.4 is 5.73 Å². The summed E-state index contributed by atoms with van der Waals surface area (Å²) in [6.45, 7) is 7.35. The predicted octanol–water partition coefficient (Wildman–Crippen LogP) is 2.30. The van der Waals surface area contributed by atoms with E-state index in [2.05, 4.69) is 4.98 Å². The van der Waals surface area contributed by atoms with E-state index < -0.39 is 17.6 Å². The molecule has 1 fully saturated rings. The van der Waals surface area contributed by atoms with Crippen LogP contribution in [0.2, 0.25) is 0 Å². The number of carbonyl (C=O) groups is 2. The van der Waals surface area contributed by atoms with E-state index in [-0.39, 0.29) is 11.3 Å². The van der Waals surface area contributed by atoms with Gasteiger partial charge in [-0.05, 0) is 39.3 Å². The number of nitrogens with two attached hydrogens (primary N) is 1. The van der Waals surface area contributed by atoms with Gasteiger partial charge in [-0.3, -0.25) is 9.69 Å². The summed E-state index contributed by atoms with van der Waals surface area (Å²) in [6.07, 6.45) is 3.80. The highest BCUT2D eigenvalue weighted by Crippen LogP contribution is 2.40. The average molecular weight is 380 g/mol. The van der Waals surface area contributed by atoms with Crippen LogP contribution >= 0.6 is 23.1 Å². The summed E-state index contributed by atoms with van der Waals surface area (Å²) in [4.78, 5) is 31.7. The van der Waals surface area contributed by atoms with Crippen LogP contribution in [-0.4, -0.2) is 44.5 Å². The van der Waals surface area contributed by atoms with Gasteiger partial charge in [0.1, 0.15) is 22.7 Å². The number of aromatic nitrogens is 1. The van der Waals surface area contributed by atoms with Gasteiger partial charge in [0, 0.05) is 10.6 Å². The molecule has 0 bridgehead atoms. The van der Waals surface area contributed by atoms with Gasteiger partial charge in [-0.15, -0.1) is 23.1 Å². The maximum absolute atomic E-state index is 12.7. The Morgan fingerprint density at radius 3 is 2.76 bits per heavy atom. The first-order valence-corrected chi connectivity index (χ1v) is 9.87. The van der Waals surface area contributed by atoms with Crippen molar-refractivity contribution in [2.75, 3.05) is 5.75 Å². The molecule has 1 aromatic heterocycles. The fourth-order valence-electron chi connectivity index (χ4n) is 2.63. The molecule has 0 spiro atoms. The Kier molecular flexibility index (Phi) is 4.78. The largest absolute Gasteiger partial charge is 0.455 e. The number of hydrogen-bond donors (Lipinski definition) is 1. The Morgan fingerprint density at radius 1 is 1.44 bits per heavy atom. The Hall–Kier alpha value is -1.64. The monoisotopic (exact) mass is 379 g/mol. The Bertz CT molecular complexity index is 776. The minimum Gasteiger partial charge on any atom is -0.455 e. The number of hydrogen-bond acceptors (Lipinski definition) is 7. The van der Waals surface area contributed by atoms with Crippen molar-refractivity contribution in [1.82, 2.24) is 9.88 Å². The number of nitrogens with zero attached hydrogens (tertiary/aromatic N) is 2. The second-order valence-corrected chi connectivity index (χ2v) is 8.94. The van der Waals surface area contributed by atoms with Gasteiger partial charge >= 0.3 is 5.97 Å². The van der Waals surface area contributed by atoms with E-state index in [0.717, 1.165) is 16.1 Å². The molecule has 0 radical (unpaired) electrons. The van der Waals surface area contributed by atoms with Crippen LogP contribution in [0.4, 0.5) is 0 Å². The summed E-state index contributed by atoms with van der Waals surface area (Å²) >= 11 is 3.09. The van der Waals surface area contributed by atoms with Gasteiger partial charge in [-0.25, -0.2) is 9.78 Å². The summed E-state index contributed by atoms with van der Waals surface area (Å²) < 4.78 is 5.52. The highest BCUT2D eigenvalue weighted by Gasteiger charge is 2.52. The molecule has 0 saturated carbocycles. The number of allylic oxidation sites excluding steroid dienone is 1. The van der Waals surface area contributed by atoms with Crippen LogP contribution in [-0.2, 0) is 14.3 Å². The fourth-order valence-corrected chi connectivity index (χ4v) is 4.59. The Balaban J connectivity index is 1.97. The van der Waals surface area contributed by atoms with Gasteiger partial charge < -0.3 is 10.5 Å². The molecule has 8 heteroatoms. The predicted molar refractivity (Wildman–Crippen MR) is 99.8 cm³/mol. The lowest BCUT2D eigenvalue weighted by Gasteiger charge is -2.48. The molecule has 2 aliphatic rings. The Morgan fingerprint density at radius 2 is 2.16 bits per heavy atom. The molecule has 1 aromatic rings. The fraction of sp³-hybridized carbons (Fsp3) is 0.471. The number of carbonyl (C=O) groups excluding carboxylic acids is 2. The van der Waals surface area contributed by atoms with Gasteiger partial charge in [0.25, 0.3) is 0 Å². The van der Waals surface area contributed by atoms with Crippen molar-refractivity contribution in [3.8, 4) is 0 Å². The van der Waals surface area contributed by atoms with E-state index in [0.29, 0.717) is 11.4 Å². The molecule has 6 nitrogen and oxygen atoms in total. The molecule has 1 saturated heterocycles. The zero-order valence-electron chi connectivity index (χ0n) is 14.6. The lowest BCUT2D eigenvalue weighted by Crippen LogP contribution is -2.68. The molecule has 2 atom stereocenters. The second-order valence-electron chi connectivity index (χ2n) is 6.95. The quantitative estimate of drug-likeness (QED) is 0.641. The van der Waals surface area contributed by atoms with Crippen LogP contribution in [0, 0.1) is 6.92 Å². The molecule has 0 aromatic carbocycles. The maximum Gasteiger partial charge on any atom is 0.355 e. The van der Waals surface area contributed by atoms with Crippen molar-refractivity contribution in [2.24, 2.45) is 5.73 Å². The number of amides is 1. The number of β-lactam (4-membered cyclic amide) rings is 1. The van der Waals surface area contributed by atoms with Crippen molar-refractivity contribution in [3.63, 3.8) is 0 Å². The van der Waals surface area contributed by atoms with Gasteiger partial charge in [-0.1, -0.05) is 6.08 Å². The van der Waals surface area contributed by atoms with E-state index >= 15 is 0 Å². The normalized spacial score (nSPS) is 23.7. The van der Waals surface area contributed by atoms with Crippen LogP contribution in [0.3, 0.4) is 0 Å². The highest BCUT2D eigenvalue weighted by molar-refractivity contribution is 8.00. The average Bonchev–Trinajstić information content (AvgIpc) is 2.94. The van der Waals surface area contributed by atoms with Crippen LogP contribution in [0.5, 0.6) is 0 Å². The molecule has 3 rings (SSSR count). The number of fused-ring (bicyclic) bond motifs is 1. The van der Waals surface area contributed by atoms with Crippen molar-refractivity contribution < 1.29 is 14.3 Å². The molecule has 1 amide bonds. The molecule has 2 aliphatic heterocycles. The molecule has 1 unspecified atom stereocenters. The van der Waals surface area contributed by atoms with E-state index in [9.17, 15) is 9.59 Å². The lowest BCUT2D eigenvalue weighted by molar-refractivity contribution is -0.157. The van der Waals surface area contributed by atoms with Crippen LogP contribution in [0.1, 0.15) is 31.3 Å². The Labute approximate surface area is 155 Å².